The summed E-state index contributed by atoms with van der Waals surface area (Å²) in [4.78, 5) is 16.4. The van der Waals surface area contributed by atoms with E-state index in [1.54, 1.807) is 4.68 Å². The van der Waals surface area contributed by atoms with Crippen LogP contribution >= 0.6 is 11.3 Å². The van der Waals surface area contributed by atoms with Crippen molar-refractivity contribution in [3.05, 3.63) is 39.3 Å². The van der Waals surface area contributed by atoms with Crippen LogP contribution in [0.2, 0.25) is 0 Å². The molecule has 5 nitrogen and oxygen atoms in total. The van der Waals surface area contributed by atoms with E-state index >= 15 is 0 Å². The van der Waals surface area contributed by atoms with Crippen molar-refractivity contribution >= 4 is 17.2 Å². The van der Waals surface area contributed by atoms with Crippen LogP contribution in [0.1, 0.15) is 39.5 Å². The Kier molecular flexibility index (Phi) is 5.36. The van der Waals surface area contributed by atoms with E-state index in [4.69, 9.17) is 0 Å². The van der Waals surface area contributed by atoms with E-state index in [9.17, 15) is 4.79 Å². The first-order valence-corrected chi connectivity index (χ1v) is 9.45. The molecule has 1 aliphatic rings. The number of amides is 1. The van der Waals surface area contributed by atoms with Gasteiger partial charge in [0, 0.05) is 30.7 Å². The van der Waals surface area contributed by atoms with Gasteiger partial charge in [-0.15, -0.1) is 11.3 Å². The van der Waals surface area contributed by atoms with Gasteiger partial charge in [-0.1, -0.05) is 6.07 Å². The highest BCUT2D eigenvalue weighted by Crippen LogP contribution is 2.20. The summed E-state index contributed by atoms with van der Waals surface area (Å²) in [5.74, 6) is 0.588. The summed E-state index contributed by atoms with van der Waals surface area (Å²) in [5.41, 5.74) is 2.46. The van der Waals surface area contributed by atoms with Gasteiger partial charge in [0.2, 0.25) is 0 Å². The Morgan fingerprint density at radius 2 is 2.12 bits per heavy atom. The summed E-state index contributed by atoms with van der Waals surface area (Å²) in [6.45, 7) is 7.89. The monoisotopic (exact) mass is 346 g/mol. The Morgan fingerprint density at radius 1 is 1.38 bits per heavy atom. The van der Waals surface area contributed by atoms with Crippen LogP contribution in [-0.4, -0.2) is 40.2 Å². The van der Waals surface area contributed by atoms with Crippen LogP contribution < -0.4 is 5.32 Å². The van der Waals surface area contributed by atoms with E-state index in [1.165, 1.54) is 4.88 Å². The third-order valence-corrected chi connectivity index (χ3v) is 5.82. The molecule has 1 aliphatic heterocycles. The lowest BCUT2D eigenvalue weighted by molar-refractivity contribution is 0.0934. The topological polar surface area (TPSA) is 50.2 Å². The molecule has 0 bridgehead atoms. The zero-order valence-corrected chi connectivity index (χ0v) is 15.5. The van der Waals surface area contributed by atoms with E-state index < -0.39 is 0 Å². The van der Waals surface area contributed by atoms with E-state index in [-0.39, 0.29) is 5.91 Å². The first-order valence-electron chi connectivity index (χ1n) is 8.57. The van der Waals surface area contributed by atoms with Gasteiger partial charge in [0.25, 0.3) is 5.91 Å². The number of hydrogen-bond donors (Lipinski definition) is 1. The second-order valence-electron chi connectivity index (χ2n) is 6.68. The molecule has 3 rings (SSSR count). The Bertz CT molecular complexity index is 684. The largest absolute Gasteiger partial charge is 0.352 e. The van der Waals surface area contributed by atoms with Crippen LogP contribution in [0.25, 0.3) is 0 Å². The Balaban J connectivity index is 1.45. The molecule has 0 aromatic carbocycles. The molecule has 2 aromatic rings. The molecular formula is C18H26N4OS. The first-order chi connectivity index (χ1) is 11.5. The van der Waals surface area contributed by atoms with Gasteiger partial charge in [-0.2, -0.15) is 5.10 Å². The summed E-state index contributed by atoms with van der Waals surface area (Å²) in [6.07, 6.45) is 2.30. The quantitative estimate of drug-likeness (QED) is 0.906. The second-order valence-corrected chi connectivity index (χ2v) is 7.71. The predicted octanol–water partition coefficient (Wildman–Crippen LogP) is 2.74. The lowest BCUT2D eigenvalue weighted by Gasteiger charge is -2.31. The Hall–Kier alpha value is -1.66. The molecule has 0 unspecified atom stereocenters. The maximum atomic E-state index is 12.4. The highest BCUT2D eigenvalue weighted by Gasteiger charge is 2.22. The average Bonchev–Trinajstić information content (AvgIpc) is 3.15. The summed E-state index contributed by atoms with van der Waals surface area (Å²) in [7, 11) is 1.88. The van der Waals surface area contributed by atoms with Gasteiger partial charge in [-0.25, -0.2) is 0 Å². The van der Waals surface area contributed by atoms with Crippen LogP contribution in [0.4, 0.5) is 0 Å². The van der Waals surface area contributed by atoms with Crippen LogP contribution in [0, 0.1) is 19.8 Å². The van der Waals surface area contributed by atoms with Crippen molar-refractivity contribution in [2.24, 2.45) is 13.0 Å². The maximum absolute atomic E-state index is 12.4. The lowest BCUT2D eigenvalue weighted by Crippen LogP contribution is -2.38. The van der Waals surface area contributed by atoms with E-state index in [0.717, 1.165) is 56.0 Å². The highest BCUT2D eigenvalue weighted by atomic mass is 32.1. The lowest BCUT2D eigenvalue weighted by atomic mass is 9.96. The van der Waals surface area contributed by atoms with Crippen molar-refractivity contribution in [3.8, 4) is 0 Å². The molecule has 0 aliphatic carbocycles. The maximum Gasteiger partial charge on any atom is 0.255 e. The number of aryl methyl sites for hydroxylation is 2. The molecule has 0 spiro atoms. The Morgan fingerprint density at radius 3 is 2.71 bits per heavy atom. The first kappa shape index (κ1) is 17.2. The van der Waals surface area contributed by atoms with Crippen LogP contribution in [0.15, 0.2) is 17.5 Å². The van der Waals surface area contributed by atoms with Gasteiger partial charge < -0.3 is 5.32 Å². The van der Waals surface area contributed by atoms with Crippen molar-refractivity contribution in [1.29, 1.82) is 0 Å². The average molecular weight is 347 g/mol. The molecule has 1 N–H and O–H groups in total. The van der Waals surface area contributed by atoms with Gasteiger partial charge in [0.05, 0.1) is 11.3 Å². The normalized spacial score (nSPS) is 16.5. The molecule has 24 heavy (non-hydrogen) atoms. The van der Waals surface area contributed by atoms with Gasteiger partial charge in [-0.3, -0.25) is 14.4 Å². The van der Waals surface area contributed by atoms with E-state index in [0.29, 0.717) is 5.92 Å². The van der Waals surface area contributed by atoms with Crippen LogP contribution in [-0.2, 0) is 13.6 Å². The zero-order chi connectivity index (χ0) is 17.1. The molecule has 3 heterocycles. The molecule has 0 radical (unpaired) electrons. The van der Waals surface area contributed by atoms with Gasteiger partial charge in [0.15, 0.2) is 0 Å². The second kappa shape index (κ2) is 7.49. The van der Waals surface area contributed by atoms with Crippen molar-refractivity contribution in [3.63, 3.8) is 0 Å². The summed E-state index contributed by atoms with van der Waals surface area (Å²) in [5, 5.41) is 9.58. The van der Waals surface area contributed by atoms with E-state index in [1.807, 2.05) is 32.2 Å². The number of thiophene rings is 1. The standard InChI is InChI=1S/C18H26N4OS/c1-13-17(14(2)21(3)20-13)18(23)19-11-15-6-8-22(9-7-15)12-16-5-4-10-24-16/h4-5,10,15H,6-9,11-12H2,1-3H3,(H,19,23). The number of carbonyl (C=O) groups excluding carboxylic acids is 1. The minimum absolute atomic E-state index is 0.0131. The summed E-state index contributed by atoms with van der Waals surface area (Å²) >= 11 is 1.83. The SMILES string of the molecule is Cc1nn(C)c(C)c1C(=O)NCC1CCN(Cc2cccs2)CC1. The number of rotatable bonds is 5. The summed E-state index contributed by atoms with van der Waals surface area (Å²) < 4.78 is 1.77. The van der Waals surface area contributed by atoms with Gasteiger partial charge in [-0.05, 0) is 57.1 Å². The number of likely N-dealkylation sites (tertiary alicyclic amines) is 1. The van der Waals surface area contributed by atoms with Gasteiger partial charge in [0.1, 0.15) is 0 Å². The van der Waals surface area contributed by atoms with Crippen LogP contribution in [0.5, 0.6) is 0 Å². The number of aromatic nitrogens is 2. The molecular weight excluding hydrogens is 320 g/mol. The van der Waals surface area contributed by atoms with E-state index in [2.05, 4.69) is 32.8 Å². The smallest absolute Gasteiger partial charge is 0.255 e. The molecule has 0 atom stereocenters. The fraction of sp³-hybridized carbons (Fsp3) is 0.556. The minimum atomic E-state index is 0.0131. The third kappa shape index (κ3) is 3.87. The van der Waals surface area contributed by atoms with Crippen molar-refractivity contribution in [2.75, 3.05) is 19.6 Å². The Labute approximate surface area is 147 Å². The number of hydrogen-bond acceptors (Lipinski definition) is 4. The molecule has 0 saturated carbocycles. The zero-order valence-electron chi connectivity index (χ0n) is 14.7. The van der Waals surface area contributed by atoms with Crippen LogP contribution in [0.3, 0.4) is 0 Å². The number of nitrogens with zero attached hydrogens (tertiary/aromatic N) is 3. The van der Waals surface area contributed by atoms with Crippen molar-refractivity contribution in [2.45, 2.75) is 33.2 Å². The minimum Gasteiger partial charge on any atom is -0.352 e. The third-order valence-electron chi connectivity index (χ3n) is 4.95. The molecule has 1 fully saturated rings. The fourth-order valence-corrected chi connectivity index (χ4v) is 4.15. The van der Waals surface area contributed by atoms with Crippen molar-refractivity contribution in [1.82, 2.24) is 20.0 Å². The van der Waals surface area contributed by atoms with Crippen molar-refractivity contribution < 1.29 is 4.79 Å². The molecule has 6 heteroatoms. The number of nitrogens with one attached hydrogen (secondary N) is 1. The fourth-order valence-electron chi connectivity index (χ4n) is 3.40. The molecule has 1 saturated heterocycles. The number of piperidine rings is 1. The number of carbonyl (C=O) groups is 1. The molecule has 2 aromatic heterocycles. The summed E-state index contributed by atoms with van der Waals surface area (Å²) in [6, 6.07) is 4.32. The molecule has 1 amide bonds. The molecule has 130 valence electrons. The van der Waals surface area contributed by atoms with Gasteiger partial charge >= 0.3 is 0 Å². The predicted molar refractivity (Wildman–Crippen MR) is 97.3 cm³/mol. The highest BCUT2D eigenvalue weighted by molar-refractivity contribution is 7.09.